The minimum atomic E-state index is 0.237. The van der Waals surface area contributed by atoms with E-state index in [0.29, 0.717) is 6.04 Å². The molecule has 118 valence electrons. The van der Waals surface area contributed by atoms with Gasteiger partial charge >= 0.3 is 0 Å². The molecule has 20 heavy (non-hydrogen) atoms. The van der Waals surface area contributed by atoms with Crippen LogP contribution >= 0.6 is 0 Å². The van der Waals surface area contributed by atoms with E-state index in [0.717, 1.165) is 45.1 Å². The smallest absolute Gasteiger partial charge is 0.0685 e. The van der Waals surface area contributed by atoms with Crippen LogP contribution in [0, 0.1) is 5.92 Å². The largest absolute Gasteiger partial charge is 0.381 e. The van der Waals surface area contributed by atoms with Gasteiger partial charge in [-0.2, -0.15) is 0 Å². The van der Waals surface area contributed by atoms with Crippen LogP contribution in [-0.4, -0.2) is 38.0 Å². The van der Waals surface area contributed by atoms with Crippen molar-refractivity contribution in [1.29, 1.82) is 0 Å². The van der Waals surface area contributed by atoms with E-state index in [4.69, 9.17) is 9.47 Å². The quantitative estimate of drug-likeness (QED) is 0.691. The van der Waals surface area contributed by atoms with Crippen molar-refractivity contribution >= 4 is 0 Å². The molecule has 0 aromatic rings. The van der Waals surface area contributed by atoms with Crippen LogP contribution in [0.4, 0.5) is 0 Å². The van der Waals surface area contributed by atoms with Gasteiger partial charge in [0.1, 0.15) is 0 Å². The molecule has 0 amide bonds. The Bertz CT molecular complexity index is 264. The van der Waals surface area contributed by atoms with E-state index in [1.165, 1.54) is 38.5 Å². The summed E-state index contributed by atoms with van der Waals surface area (Å²) in [6.45, 7) is 8.20. The fourth-order valence-electron chi connectivity index (χ4n) is 4.00. The molecule has 1 saturated carbocycles. The lowest BCUT2D eigenvalue weighted by Gasteiger charge is -2.41. The Morgan fingerprint density at radius 1 is 1.25 bits per heavy atom. The van der Waals surface area contributed by atoms with Crippen molar-refractivity contribution in [2.75, 3.05) is 26.4 Å². The standard InChI is InChI=1S/C17H33NO2/c1-3-11-19-12-8-16(18-4-2)15-7-13-20-17(14-15)9-5-6-10-17/h15-16,18H,3-14H2,1-2H3. The molecule has 1 heterocycles. The average molecular weight is 283 g/mol. The van der Waals surface area contributed by atoms with Gasteiger partial charge in [0, 0.05) is 25.9 Å². The van der Waals surface area contributed by atoms with Crippen LogP contribution in [-0.2, 0) is 9.47 Å². The number of hydrogen-bond acceptors (Lipinski definition) is 3. The van der Waals surface area contributed by atoms with Gasteiger partial charge in [0.2, 0.25) is 0 Å². The maximum absolute atomic E-state index is 6.17. The lowest BCUT2D eigenvalue weighted by atomic mass is 9.79. The zero-order valence-electron chi connectivity index (χ0n) is 13.5. The first-order valence-corrected chi connectivity index (χ1v) is 8.75. The molecule has 1 spiro atoms. The fourth-order valence-corrected chi connectivity index (χ4v) is 4.00. The second-order valence-corrected chi connectivity index (χ2v) is 6.56. The van der Waals surface area contributed by atoms with Crippen molar-refractivity contribution < 1.29 is 9.47 Å². The maximum Gasteiger partial charge on any atom is 0.0685 e. The molecule has 2 unspecified atom stereocenters. The van der Waals surface area contributed by atoms with Crippen molar-refractivity contribution in [3.63, 3.8) is 0 Å². The van der Waals surface area contributed by atoms with Gasteiger partial charge < -0.3 is 14.8 Å². The molecule has 1 N–H and O–H groups in total. The molecule has 0 radical (unpaired) electrons. The van der Waals surface area contributed by atoms with Gasteiger partial charge in [-0.1, -0.05) is 26.7 Å². The summed E-state index contributed by atoms with van der Waals surface area (Å²) >= 11 is 0. The molecule has 1 aliphatic carbocycles. The van der Waals surface area contributed by atoms with E-state index in [1.54, 1.807) is 0 Å². The zero-order chi connectivity index (χ0) is 14.3. The Hall–Kier alpha value is -0.120. The molecule has 2 fully saturated rings. The van der Waals surface area contributed by atoms with E-state index in [9.17, 15) is 0 Å². The summed E-state index contributed by atoms with van der Waals surface area (Å²) in [4.78, 5) is 0. The van der Waals surface area contributed by atoms with Gasteiger partial charge in [-0.25, -0.2) is 0 Å². The molecule has 1 saturated heterocycles. The molecule has 0 aromatic carbocycles. The van der Waals surface area contributed by atoms with Gasteiger partial charge in [0.05, 0.1) is 5.60 Å². The topological polar surface area (TPSA) is 30.5 Å². The predicted octanol–water partition coefficient (Wildman–Crippen LogP) is 3.52. The minimum Gasteiger partial charge on any atom is -0.381 e. The summed E-state index contributed by atoms with van der Waals surface area (Å²) < 4.78 is 11.9. The Morgan fingerprint density at radius 3 is 2.75 bits per heavy atom. The van der Waals surface area contributed by atoms with Crippen molar-refractivity contribution in [1.82, 2.24) is 5.32 Å². The molecule has 3 nitrogen and oxygen atoms in total. The van der Waals surface area contributed by atoms with Gasteiger partial charge in [-0.15, -0.1) is 0 Å². The average Bonchev–Trinajstić information content (AvgIpc) is 2.90. The molecule has 2 rings (SSSR count). The predicted molar refractivity (Wildman–Crippen MR) is 83.1 cm³/mol. The van der Waals surface area contributed by atoms with Crippen LogP contribution in [0.25, 0.3) is 0 Å². The highest BCUT2D eigenvalue weighted by Crippen LogP contribution is 2.43. The van der Waals surface area contributed by atoms with Gasteiger partial charge in [0.25, 0.3) is 0 Å². The van der Waals surface area contributed by atoms with Crippen LogP contribution in [0.3, 0.4) is 0 Å². The highest BCUT2D eigenvalue weighted by Gasteiger charge is 2.41. The first-order chi connectivity index (χ1) is 9.79. The highest BCUT2D eigenvalue weighted by atomic mass is 16.5. The SMILES string of the molecule is CCCOCCC(NCC)C1CCOC2(CCCC2)C1. The maximum atomic E-state index is 6.17. The first kappa shape index (κ1) is 16.3. The summed E-state index contributed by atoms with van der Waals surface area (Å²) in [7, 11) is 0. The van der Waals surface area contributed by atoms with Crippen LogP contribution in [0.15, 0.2) is 0 Å². The lowest BCUT2D eigenvalue weighted by Crippen LogP contribution is -2.46. The normalized spacial score (nSPS) is 27.0. The highest BCUT2D eigenvalue weighted by molar-refractivity contribution is 4.94. The molecule has 2 atom stereocenters. The summed E-state index contributed by atoms with van der Waals surface area (Å²) in [5.41, 5.74) is 0.237. The second kappa shape index (κ2) is 8.35. The van der Waals surface area contributed by atoms with Gasteiger partial charge in [-0.3, -0.25) is 0 Å². The van der Waals surface area contributed by atoms with Crippen LogP contribution in [0.2, 0.25) is 0 Å². The third-order valence-corrected chi connectivity index (χ3v) is 5.00. The number of nitrogens with one attached hydrogen (secondary N) is 1. The molecule has 0 aromatic heterocycles. The van der Waals surface area contributed by atoms with E-state index in [1.807, 2.05) is 0 Å². The van der Waals surface area contributed by atoms with Gasteiger partial charge in [-0.05, 0) is 51.0 Å². The van der Waals surface area contributed by atoms with E-state index >= 15 is 0 Å². The summed E-state index contributed by atoms with van der Waals surface area (Å²) in [5.74, 6) is 0.770. The van der Waals surface area contributed by atoms with Gasteiger partial charge in [0.15, 0.2) is 0 Å². The molecule has 2 aliphatic rings. The van der Waals surface area contributed by atoms with Crippen molar-refractivity contribution in [3.05, 3.63) is 0 Å². The fraction of sp³-hybridized carbons (Fsp3) is 1.00. The van der Waals surface area contributed by atoms with Crippen molar-refractivity contribution in [2.45, 2.75) is 76.9 Å². The van der Waals surface area contributed by atoms with Crippen LogP contribution in [0.5, 0.6) is 0 Å². The molecule has 1 aliphatic heterocycles. The third kappa shape index (κ3) is 4.44. The molecular formula is C17H33NO2. The Balaban J connectivity index is 1.83. The van der Waals surface area contributed by atoms with E-state index < -0.39 is 0 Å². The van der Waals surface area contributed by atoms with Crippen molar-refractivity contribution in [2.24, 2.45) is 5.92 Å². The monoisotopic (exact) mass is 283 g/mol. The Kier molecular flexibility index (Phi) is 6.79. The van der Waals surface area contributed by atoms with Crippen molar-refractivity contribution in [3.8, 4) is 0 Å². The molecule has 0 bridgehead atoms. The Morgan fingerprint density at radius 2 is 2.05 bits per heavy atom. The molecular weight excluding hydrogens is 250 g/mol. The lowest BCUT2D eigenvalue weighted by molar-refractivity contribution is -0.0990. The van der Waals surface area contributed by atoms with E-state index in [-0.39, 0.29) is 5.60 Å². The Labute approximate surface area is 124 Å². The zero-order valence-corrected chi connectivity index (χ0v) is 13.5. The van der Waals surface area contributed by atoms with Crippen LogP contribution < -0.4 is 5.32 Å². The van der Waals surface area contributed by atoms with E-state index in [2.05, 4.69) is 19.2 Å². The number of ether oxygens (including phenoxy) is 2. The third-order valence-electron chi connectivity index (χ3n) is 5.00. The second-order valence-electron chi connectivity index (χ2n) is 6.56. The first-order valence-electron chi connectivity index (χ1n) is 8.75. The molecule has 3 heteroatoms. The summed E-state index contributed by atoms with van der Waals surface area (Å²) in [5, 5.41) is 3.70. The van der Waals surface area contributed by atoms with Crippen LogP contribution in [0.1, 0.15) is 65.2 Å². The summed E-state index contributed by atoms with van der Waals surface area (Å²) in [6, 6.07) is 0.609. The number of hydrogen-bond donors (Lipinski definition) is 1. The number of rotatable bonds is 8. The minimum absolute atomic E-state index is 0.237. The summed E-state index contributed by atoms with van der Waals surface area (Å²) in [6.07, 6.45) is 10.0.